The monoisotopic (exact) mass is 255 g/mol. The molecule has 18 heavy (non-hydrogen) atoms. The molecule has 0 bridgehead atoms. The molecule has 1 rings (SSSR count). The number of aliphatic hydroxyl groups is 1. The van der Waals surface area contributed by atoms with Crippen LogP contribution in [0.1, 0.15) is 26.0 Å². The summed E-state index contributed by atoms with van der Waals surface area (Å²) in [4.78, 5) is 13.2. The van der Waals surface area contributed by atoms with Crippen molar-refractivity contribution in [1.29, 1.82) is 0 Å². The second-order valence-corrected chi connectivity index (χ2v) is 4.07. The molecule has 0 aliphatic carbocycles. The Morgan fingerprint density at radius 2 is 2.33 bits per heavy atom. The molecule has 1 atom stereocenters. The van der Waals surface area contributed by atoms with E-state index in [2.05, 4.69) is 0 Å². The summed E-state index contributed by atoms with van der Waals surface area (Å²) >= 11 is 0. The summed E-state index contributed by atoms with van der Waals surface area (Å²) in [7, 11) is 0. The molecule has 1 aromatic rings. The Labute approximate surface area is 107 Å². The van der Waals surface area contributed by atoms with E-state index in [1.807, 2.05) is 24.0 Å². The Bertz CT molecular complexity index is 337. The zero-order valence-corrected chi connectivity index (χ0v) is 11.0. The van der Waals surface area contributed by atoms with Gasteiger partial charge in [0.15, 0.2) is 0 Å². The molecular weight excluding hydrogens is 234 g/mol. The first-order valence-electron chi connectivity index (χ1n) is 6.24. The third-order valence-electron chi connectivity index (χ3n) is 2.58. The van der Waals surface area contributed by atoms with Gasteiger partial charge in [0.2, 0.25) is 0 Å². The van der Waals surface area contributed by atoms with Gasteiger partial charge in [0.05, 0.1) is 31.9 Å². The first-order valence-corrected chi connectivity index (χ1v) is 6.24. The SMILES string of the molecule is CCOC(=O)CC(O)CN(CC)Cc1ccco1. The van der Waals surface area contributed by atoms with E-state index >= 15 is 0 Å². The maximum absolute atomic E-state index is 11.2. The summed E-state index contributed by atoms with van der Waals surface area (Å²) in [5, 5.41) is 9.80. The highest BCUT2D eigenvalue weighted by Crippen LogP contribution is 2.07. The lowest BCUT2D eigenvalue weighted by molar-refractivity contribution is -0.145. The molecule has 0 aliphatic rings. The van der Waals surface area contributed by atoms with Crippen LogP contribution in [-0.2, 0) is 16.1 Å². The van der Waals surface area contributed by atoms with Gasteiger partial charge >= 0.3 is 5.97 Å². The van der Waals surface area contributed by atoms with Gasteiger partial charge in [-0.05, 0) is 25.6 Å². The van der Waals surface area contributed by atoms with E-state index in [4.69, 9.17) is 9.15 Å². The van der Waals surface area contributed by atoms with E-state index in [0.29, 0.717) is 19.7 Å². The van der Waals surface area contributed by atoms with Crippen molar-refractivity contribution in [3.8, 4) is 0 Å². The molecule has 0 aliphatic heterocycles. The van der Waals surface area contributed by atoms with E-state index in [1.54, 1.807) is 13.2 Å². The maximum atomic E-state index is 11.2. The lowest BCUT2D eigenvalue weighted by Crippen LogP contribution is -2.33. The lowest BCUT2D eigenvalue weighted by atomic mass is 10.2. The summed E-state index contributed by atoms with van der Waals surface area (Å²) in [5.41, 5.74) is 0. The topological polar surface area (TPSA) is 62.9 Å². The predicted octanol–water partition coefficient (Wildman–Crippen LogP) is 1.42. The molecule has 1 N–H and O–H groups in total. The van der Waals surface area contributed by atoms with Crippen molar-refractivity contribution in [2.24, 2.45) is 0 Å². The van der Waals surface area contributed by atoms with Gasteiger partial charge in [-0.25, -0.2) is 0 Å². The van der Waals surface area contributed by atoms with Crippen LogP contribution < -0.4 is 0 Å². The highest BCUT2D eigenvalue weighted by atomic mass is 16.5. The fraction of sp³-hybridized carbons (Fsp3) is 0.615. The molecule has 1 aromatic heterocycles. The summed E-state index contributed by atoms with van der Waals surface area (Å²) < 4.78 is 10.0. The van der Waals surface area contributed by atoms with Crippen molar-refractivity contribution in [2.45, 2.75) is 32.9 Å². The number of furan rings is 1. The number of rotatable bonds is 8. The van der Waals surface area contributed by atoms with Gasteiger partial charge in [0.25, 0.3) is 0 Å². The fourth-order valence-electron chi connectivity index (χ4n) is 1.70. The summed E-state index contributed by atoms with van der Waals surface area (Å²) in [6, 6.07) is 3.72. The first kappa shape index (κ1) is 14.7. The highest BCUT2D eigenvalue weighted by Gasteiger charge is 2.15. The molecule has 1 heterocycles. The molecule has 0 amide bonds. The van der Waals surface area contributed by atoms with Crippen LogP contribution in [0.5, 0.6) is 0 Å². The number of ether oxygens (including phenoxy) is 1. The van der Waals surface area contributed by atoms with Crippen LogP contribution in [0.3, 0.4) is 0 Å². The largest absolute Gasteiger partial charge is 0.468 e. The van der Waals surface area contributed by atoms with Crippen molar-refractivity contribution >= 4 is 5.97 Å². The molecule has 0 spiro atoms. The van der Waals surface area contributed by atoms with Crippen molar-refractivity contribution in [1.82, 2.24) is 4.90 Å². The summed E-state index contributed by atoms with van der Waals surface area (Å²) in [6.45, 7) is 5.93. The average molecular weight is 255 g/mol. The van der Waals surface area contributed by atoms with Crippen LogP contribution in [0, 0.1) is 0 Å². The Morgan fingerprint density at radius 1 is 1.56 bits per heavy atom. The van der Waals surface area contributed by atoms with Crippen molar-refractivity contribution in [3.05, 3.63) is 24.2 Å². The second-order valence-electron chi connectivity index (χ2n) is 4.07. The molecule has 102 valence electrons. The molecule has 5 nitrogen and oxygen atoms in total. The number of nitrogens with zero attached hydrogens (tertiary/aromatic N) is 1. The Balaban J connectivity index is 2.35. The standard InChI is InChI=1S/C13H21NO4/c1-3-14(10-12-6-5-7-18-12)9-11(15)8-13(16)17-4-2/h5-7,11,15H,3-4,8-10H2,1-2H3. The van der Waals surface area contributed by atoms with Crippen LogP contribution in [0.2, 0.25) is 0 Å². The summed E-state index contributed by atoms with van der Waals surface area (Å²) in [5.74, 6) is 0.485. The van der Waals surface area contributed by atoms with E-state index in [9.17, 15) is 9.90 Å². The van der Waals surface area contributed by atoms with Crippen LogP contribution in [0.25, 0.3) is 0 Å². The molecule has 5 heteroatoms. The van der Waals surface area contributed by atoms with Gasteiger partial charge in [-0.3, -0.25) is 9.69 Å². The number of carbonyl (C=O) groups is 1. The zero-order chi connectivity index (χ0) is 13.4. The third kappa shape index (κ3) is 5.33. The summed E-state index contributed by atoms with van der Waals surface area (Å²) in [6.07, 6.45) is 0.944. The number of likely N-dealkylation sites (N-methyl/N-ethyl adjacent to an activating group) is 1. The van der Waals surface area contributed by atoms with Crippen molar-refractivity contribution in [3.63, 3.8) is 0 Å². The minimum Gasteiger partial charge on any atom is -0.468 e. The van der Waals surface area contributed by atoms with E-state index < -0.39 is 6.10 Å². The Kier molecular flexibility index (Phi) is 6.46. The molecule has 0 fully saturated rings. The smallest absolute Gasteiger partial charge is 0.308 e. The minimum atomic E-state index is -0.709. The molecule has 1 unspecified atom stereocenters. The van der Waals surface area contributed by atoms with Gasteiger partial charge in [0.1, 0.15) is 5.76 Å². The van der Waals surface area contributed by atoms with E-state index in [1.165, 1.54) is 0 Å². The second kappa shape index (κ2) is 7.89. The molecule has 0 aromatic carbocycles. The fourth-order valence-corrected chi connectivity index (χ4v) is 1.70. The Morgan fingerprint density at radius 3 is 2.89 bits per heavy atom. The van der Waals surface area contributed by atoms with Gasteiger partial charge in [-0.15, -0.1) is 0 Å². The maximum Gasteiger partial charge on any atom is 0.308 e. The molecule has 0 radical (unpaired) electrons. The third-order valence-corrected chi connectivity index (χ3v) is 2.58. The lowest BCUT2D eigenvalue weighted by Gasteiger charge is -2.22. The van der Waals surface area contributed by atoms with Crippen LogP contribution in [0.15, 0.2) is 22.8 Å². The number of aliphatic hydroxyl groups excluding tert-OH is 1. The first-order chi connectivity index (χ1) is 8.65. The predicted molar refractivity (Wildman–Crippen MR) is 66.9 cm³/mol. The van der Waals surface area contributed by atoms with Gasteiger partial charge in [-0.2, -0.15) is 0 Å². The average Bonchev–Trinajstić information content (AvgIpc) is 2.81. The van der Waals surface area contributed by atoms with Gasteiger partial charge < -0.3 is 14.3 Å². The number of hydrogen-bond donors (Lipinski definition) is 1. The van der Waals surface area contributed by atoms with Crippen LogP contribution in [-0.4, -0.2) is 41.8 Å². The van der Waals surface area contributed by atoms with Crippen LogP contribution in [0.4, 0.5) is 0 Å². The molecule has 0 saturated carbocycles. The quantitative estimate of drug-likeness (QED) is 0.712. The van der Waals surface area contributed by atoms with E-state index in [-0.39, 0.29) is 12.4 Å². The van der Waals surface area contributed by atoms with Crippen LogP contribution >= 0.6 is 0 Å². The van der Waals surface area contributed by atoms with Crippen molar-refractivity contribution < 1.29 is 19.1 Å². The van der Waals surface area contributed by atoms with Crippen molar-refractivity contribution in [2.75, 3.05) is 19.7 Å². The Hall–Kier alpha value is -1.33. The number of carbonyl (C=O) groups excluding carboxylic acids is 1. The highest BCUT2D eigenvalue weighted by molar-refractivity contribution is 5.69. The molecular formula is C13H21NO4. The van der Waals surface area contributed by atoms with E-state index in [0.717, 1.165) is 12.3 Å². The number of hydrogen-bond acceptors (Lipinski definition) is 5. The minimum absolute atomic E-state index is 0.0303. The number of esters is 1. The zero-order valence-electron chi connectivity index (χ0n) is 11.0. The molecule has 0 saturated heterocycles. The normalized spacial score (nSPS) is 12.7. The van der Waals surface area contributed by atoms with Gasteiger partial charge in [0, 0.05) is 6.54 Å². The van der Waals surface area contributed by atoms with Gasteiger partial charge in [-0.1, -0.05) is 6.92 Å².